The molecule has 21 heavy (non-hydrogen) atoms. The first-order chi connectivity index (χ1) is 10.2. The van der Waals surface area contributed by atoms with E-state index in [1.807, 2.05) is 19.1 Å². The van der Waals surface area contributed by atoms with Gasteiger partial charge < -0.3 is 10.1 Å². The third-order valence-electron chi connectivity index (χ3n) is 3.33. The van der Waals surface area contributed by atoms with E-state index in [9.17, 15) is 0 Å². The maximum absolute atomic E-state index is 5.52. The van der Waals surface area contributed by atoms with Crippen LogP contribution in [0.15, 0.2) is 48.5 Å². The van der Waals surface area contributed by atoms with Gasteiger partial charge in [0.15, 0.2) is 0 Å². The van der Waals surface area contributed by atoms with Crippen molar-refractivity contribution < 1.29 is 4.74 Å². The molecule has 2 rings (SSSR count). The number of ether oxygens (including phenoxy) is 1. The maximum atomic E-state index is 5.52. The lowest BCUT2D eigenvalue weighted by molar-refractivity contribution is 0.340. The second-order valence-electron chi connectivity index (χ2n) is 4.94. The molecule has 0 fully saturated rings. The average Bonchev–Trinajstić information content (AvgIpc) is 2.51. The van der Waals surface area contributed by atoms with Crippen molar-refractivity contribution in [2.45, 2.75) is 26.3 Å². The van der Waals surface area contributed by atoms with Crippen molar-refractivity contribution in [1.82, 2.24) is 5.32 Å². The number of rotatable bonds is 7. The first kappa shape index (κ1) is 16.3. The van der Waals surface area contributed by atoms with Crippen LogP contribution in [-0.4, -0.2) is 13.2 Å². The molecule has 2 nitrogen and oxygen atoms in total. The van der Waals surface area contributed by atoms with Crippen molar-refractivity contribution in [3.05, 3.63) is 63.2 Å². The monoisotopic (exact) mass is 395 g/mol. The average molecular weight is 395 g/mol. The minimum atomic E-state index is 0.234. The van der Waals surface area contributed by atoms with Crippen molar-refractivity contribution in [3.8, 4) is 5.75 Å². The van der Waals surface area contributed by atoms with Crippen LogP contribution in [0.1, 0.15) is 37.4 Å². The molecule has 0 heterocycles. The highest BCUT2D eigenvalue weighted by molar-refractivity contribution is 14.1. The summed E-state index contributed by atoms with van der Waals surface area (Å²) in [5.41, 5.74) is 2.57. The summed E-state index contributed by atoms with van der Waals surface area (Å²) in [5.74, 6) is 0.929. The maximum Gasteiger partial charge on any atom is 0.119 e. The minimum absolute atomic E-state index is 0.234. The molecule has 2 aromatic carbocycles. The van der Waals surface area contributed by atoms with E-state index in [4.69, 9.17) is 4.74 Å². The summed E-state index contributed by atoms with van der Waals surface area (Å²) < 4.78 is 6.78. The Kier molecular flexibility index (Phi) is 6.51. The molecule has 0 spiro atoms. The van der Waals surface area contributed by atoms with E-state index >= 15 is 0 Å². The lowest BCUT2D eigenvalue weighted by atomic mass is 9.98. The second kappa shape index (κ2) is 8.39. The molecule has 0 aromatic heterocycles. The summed E-state index contributed by atoms with van der Waals surface area (Å²) >= 11 is 2.34. The largest absolute Gasteiger partial charge is 0.494 e. The van der Waals surface area contributed by atoms with Gasteiger partial charge in [0.2, 0.25) is 0 Å². The van der Waals surface area contributed by atoms with Crippen molar-refractivity contribution in [3.63, 3.8) is 0 Å². The van der Waals surface area contributed by atoms with Crippen LogP contribution in [0.3, 0.4) is 0 Å². The van der Waals surface area contributed by atoms with Crippen LogP contribution in [0.5, 0.6) is 5.75 Å². The van der Waals surface area contributed by atoms with Crippen LogP contribution in [0.4, 0.5) is 0 Å². The zero-order valence-electron chi connectivity index (χ0n) is 12.6. The third-order valence-corrected chi connectivity index (χ3v) is 4.05. The topological polar surface area (TPSA) is 21.3 Å². The van der Waals surface area contributed by atoms with Crippen molar-refractivity contribution >= 4 is 22.6 Å². The van der Waals surface area contributed by atoms with Crippen LogP contribution < -0.4 is 10.1 Å². The molecule has 0 amide bonds. The number of halogens is 1. The Labute approximate surface area is 141 Å². The van der Waals surface area contributed by atoms with Gasteiger partial charge in [0, 0.05) is 3.57 Å². The van der Waals surface area contributed by atoms with E-state index in [1.54, 1.807) is 0 Å². The summed E-state index contributed by atoms with van der Waals surface area (Å²) in [6, 6.07) is 17.3. The smallest absolute Gasteiger partial charge is 0.119 e. The molecule has 0 aliphatic heterocycles. The Morgan fingerprint density at radius 1 is 0.952 bits per heavy atom. The predicted octanol–water partition coefficient (Wildman–Crippen LogP) is 4.78. The second-order valence-corrected chi connectivity index (χ2v) is 6.19. The van der Waals surface area contributed by atoms with E-state index in [-0.39, 0.29) is 6.04 Å². The molecule has 1 atom stereocenters. The van der Waals surface area contributed by atoms with Crippen molar-refractivity contribution in [2.75, 3.05) is 13.2 Å². The first-order valence-electron chi connectivity index (χ1n) is 7.46. The summed E-state index contributed by atoms with van der Waals surface area (Å²) in [5, 5.41) is 3.63. The normalized spacial score (nSPS) is 12.1. The highest BCUT2D eigenvalue weighted by Crippen LogP contribution is 2.25. The van der Waals surface area contributed by atoms with Crippen LogP contribution >= 0.6 is 22.6 Å². The number of nitrogens with one attached hydrogen (secondary N) is 1. The lowest BCUT2D eigenvalue weighted by Crippen LogP contribution is -2.23. The zero-order valence-corrected chi connectivity index (χ0v) is 14.8. The fourth-order valence-corrected chi connectivity index (χ4v) is 2.65. The van der Waals surface area contributed by atoms with Crippen molar-refractivity contribution in [2.24, 2.45) is 0 Å². The van der Waals surface area contributed by atoms with E-state index in [0.717, 1.165) is 18.7 Å². The molecule has 1 N–H and O–H groups in total. The SMILES string of the molecule is CCCNC(c1ccc(I)cc1)c1ccc(OCC)cc1. The molecular formula is C18H22INO. The van der Waals surface area contributed by atoms with Gasteiger partial charge in [-0.25, -0.2) is 0 Å². The van der Waals surface area contributed by atoms with E-state index < -0.39 is 0 Å². The van der Waals surface area contributed by atoms with Gasteiger partial charge in [-0.1, -0.05) is 31.2 Å². The van der Waals surface area contributed by atoms with Gasteiger partial charge in [0.1, 0.15) is 5.75 Å². The molecule has 2 aromatic rings. The lowest BCUT2D eigenvalue weighted by Gasteiger charge is -2.20. The Balaban J connectivity index is 2.24. The Bertz CT molecular complexity index is 536. The van der Waals surface area contributed by atoms with Gasteiger partial charge in [0.25, 0.3) is 0 Å². The highest BCUT2D eigenvalue weighted by Gasteiger charge is 2.13. The molecule has 0 saturated heterocycles. The first-order valence-corrected chi connectivity index (χ1v) is 8.54. The molecule has 3 heteroatoms. The van der Waals surface area contributed by atoms with Gasteiger partial charge in [-0.15, -0.1) is 0 Å². The highest BCUT2D eigenvalue weighted by atomic mass is 127. The standard InChI is InChI=1S/C18H22INO/c1-3-13-20-18(14-5-9-16(19)10-6-14)15-7-11-17(12-8-15)21-4-2/h5-12,18,20H,3-4,13H2,1-2H3. The van der Waals surface area contributed by atoms with Gasteiger partial charge in [-0.05, 0) is 77.9 Å². The van der Waals surface area contributed by atoms with Gasteiger partial charge in [0.05, 0.1) is 12.6 Å². The van der Waals surface area contributed by atoms with Crippen molar-refractivity contribution in [1.29, 1.82) is 0 Å². The van der Waals surface area contributed by atoms with Gasteiger partial charge in [-0.2, -0.15) is 0 Å². The quantitative estimate of drug-likeness (QED) is 0.682. The molecule has 112 valence electrons. The van der Waals surface area contributed by atoms with Crippen LogP contribution in [0.2, 0.25) is 0 Å². The van der Waals surface area contributed by atoms with Crippen LogP contribution in [0.25, 0.3) is 0 Å². The molecule has 0 radical (unpaired) electrons. The molecule has 1 unspecified atom stereocenters. The molecular weight excluding hydrogens is 373 g/mol. The molecule has 0 aliphatic carbocycles. The Morgan fingerprint density at radius 2 is 1.52 bits per heavy atom. The Hall–Kier alpha value is -1.07. The minimum Gasteiger partial charge on any atom is -0.494 e. The summed E-state index contributed by atoms with van der Waals surface area (Å²) in [6.45, 7) is 5.90. The summed E-state index contributed by atoms with van der Waals surface area (Å²) in [4.78, 5) is 0. The predicted molar refractivity (Wildman–Crippen MR) is 96.9 cm³/mol. The van der Waals surface area contributed by atoms with Gasteiger partial charge >= 0.3 is 0 Å². The number of hydrogen-bond donors (Lipinski definition) is 1. The van der Waals surface area contributed by atoms with Crippen LogP contribution in [0, 0.1) is 3.57 Å². The Morgan fingerprint density at radius 3 is 2.05 bits per heavy atom. The van der Waals surface area contributed by atoms with E-state index in [1.165, 1.54) is 14.7 Å². The fraction of sp³-hybridized carbons (Fsp3) is 0.333. The number of benzene rings is 2. The van der Waals surface area contributed by atoms with E-state index in [2.05, 4.69) is 71.2 Å². The van der Waals surface area contributed by atoms with E-state index in [0.29, 0.717) is 6.61 Å². The molecule has 0 bridgehead atoms. The van der Waals surface area contributed by atoms with Gasteiger partial charge in [-0.3, -0.25) is 0 Å². The fourth-order valence-electron chi connectivity index (χ4n) is 2.30. The number of hydrogen-bond acceptors (Lipinski definition) is 2. The summed E-state index contributed by atoms with van der Waals surface area (Å²) in [6.07, 6.45) is 1.12. The summed E-state index contributed by atoms with van der Waals surface area (Å²) in [7, 11) is 0. The van der Waals surface area contributed by atoms with Crippen LogP contribution in [-0.2, 0) is 0 Å². The molecule has 0 saturated carbocycles. The zero-order chi connectivity index (χ0) is 15.1. The molecule has 0 aliphatic rings. The third kappa shape index (κ3) is 4.71.